The quantitative estimate of drug-likeness (QED) is 0.531. The summed E-state index contributed by atoms with van der Waals surface area (Å²) in [5.74, 6) is 0.463. The molecule has 6 nitrogen and oxygen atoms in total. The lowest BCUT2D eigenvalue weighted by Gasteiger charge is -2.23. The third-order valence-corrected chi connectivity index (χ3v) is 5.16. The molecule has 2 rings (SSSR count). The number of amides is 2. The van der Waals surface area contributed by atoms with Crippen molar-refractivity contribution in [1.82, 2.24) is 5.32 Å². The molecule has 0 spiro atoms. The number of nitrogens with one attached hydrogen (secondary N) is 3. The topological polar surface area (TPSA) is 71.9 Å². The zero-order valence-corrected chi connectivity index (χ0v) is 17.6. The van der Waals surface area contributed by atoms with Crippen molar-refractivity contribution >= 4 is 17.5 Å². The van der Waals surface area contributed by atoms with E-state index in [4.69, 9.17) is 4.74 Å². The Kier molecular flexibility index (Phi) is 9.44. The molecule has 2 amide bonds. The first-order valence-corrected chi connectivity index (χ1v) is 10.5. The van der Waals surface area contributed by atoms with Crippen LogP contribution in [0.25, 0.3) is 0 Å². The molecular weight excluding hydrogens is 354 g/mol. The summed E-state index contributed by atoms with van der Waals surface area (Å²) in [6.45, 7) is 11.8. The summed E-state index contributed by atoms with van der Waals surface area (Å²) in [6, 6.07) is 7.94. The summed E-state index contributed by atoms with van der Waals surface area (Å²) in [5.41, 5.74) is 2.05. The third-order valence-electron chi connectivity index (χ3n) is 5.16. The Morgan fingerprint density at radius 3 is 2.32 bits per heavy atom. The van der Waals surface area contributed by atoms with Gasteiger partial charge in [0.1, 0.15) is 13.1 Å². The fourth-order valence-corrected chi connectivity index (χ4v) is 3.42. The van der Waals surface area contributed by atoms with Gasteiger partial charge in [-0.05, 0) is 29.5 Å². The third kappa shape index (κ3) is 8.40. The predicted molar refractivity (Wildman–Crippen MR) is 112 cm³/mol. The van der Waals surface area contributed by atoms with E-state index in [1.807, 2.05) is 31.2 Å². The van der Waals surface area contributed by atoms with Crippen LogP contribution in [0.5, 0.6) is 0 Å². The molecule has 1 heterocycles. The number of carbonyl (C=O) groups excluding carboxylic acids is 2. The SMILES string of the molecule is CC(C)c1ccc(NC(=O)C[C@@H](C)CC(=O)NCCC[NH+]2CCOCC2)cc1. The molecule has 156 valence electrons. The molecule has 0 saturated carbocycles. The van der Waals surface area contributed by atoms with E-state index in [0.717, 1.165) is 45.0 Å². The van der Waals surface area contributed by atoms with Gasteiger partial charge in [-0.25, -0.2) is 0 Å². The van der Waals surface area contributed by atoms with Crippen molar-refractivity contribution in [1.29, 1.82) is 0 Å². The highest BCUT2D eigenvalue weighted by molar-refractivity contribution is 5.91. The molecule has 0 aliphatic carbocycles. The van der Waals surface area contributed by atoms with E-state index in [-0.39, 0.29) is 17.7 Å². The largest absolute Gasteiger partial charge is 0.370 e. The summed E-state index contributed by atoms with van der Waals surface area (Å²) >= 11 is 0. The molecule has 0 bridgehead atoms. The molecule has 0 aromatic heterocycles. The Morgan fingerprint density at radius 1 is 1.04 bits per heavy atom. The Bertz CT molecular complexity index is 610. The molecule has 1 fully saturated rings. The smallest absolute Gasteiger partial charge is 0.224 e. The highest BCUT2D eigenvalue weighted by Gasteiger charge is 2.15. The van der Waals surface area contributed by atoms with E-state index in [2.05, 4.69) is 24.5 Å². The van der Waals surface area contributed by atoms with Crippen molar-refractivity contribution in [3.63, 3.8) is 0 Å². The van der Waals surface area contributed by atoms with E-state index in [9.17, 15) is 9.59 Å². The van der Waals surface area contributed by atoms with Crippen LogP contribution < -0.4 is 15.5 Å². The van der Waals surface area contributed by atoms with Crippen LogP contribution in [0, 0.1) is 5.92 Å². The molecule has 1 aromatic rings. The molecule has 1 saturated heterocycles. The molecule has 0 unspecified atom stereocenters. The molecular formula is C22H36N3O3+. The van der Waals surface area contributed by atoms with Crippen LogP contribution in [-0.2, 0) is 14.3 Å². The van der Waals surface area contributed by atoms with Crippen molar-refractivity contribution < 1.29 is 19.2 Å². The van der Waals surface area contributed by atoms with Crippen molar-refractivity contribution in [3.8, 4) is 0 Å². The van der Waals surface area contributed by atoms with E-state index in [0.29, 0.717) is 25.3 Å². The van der Waals surface area contributed by atoms with Gasteiger partial charge in [-0.2, -0.15) is 0 Å². The van der Waals surface area contributed by atoms with Gasteiger partial charge in [0.05, 0.1) is 19.8 Å². The Hall–Kier alpha value is -1.92. The Labute approximate surface area is 169 Å². The van der Waals surface area contributed by atoms with Gasteiger partial charge in [0.25, 0.3) is 0 Å². The first kappa shape index (κ1) is 22.4. The molecule has 1 aliphatic heterocycles. The first-order chi connectivity index (χ1) is 13.4. The highest BCUT2D eigenvalue weighted by atomic mass is 16.5. The number of morpholine rings is 1. The van der Waals surface area contributed by atoms with Crippen LogP contribution in [0.2, 0.25) is 0 Å². The van der Waals surface area contributed by atoms with Gasteiger partial charge >= 0.3 is 0 Å². The van der Waals surface area contributed by atoms with Crippen LogP contribution in [0.3, 0.4) is 0 Å². The average molecular weight is 391 g/mol. The molecule has 0 radical (unpaired) electrons. The van der Waals surface area contributed by atoms with Crippen LogP contribution >= 0.6 is 0 Å². The normalized spacial score (nSPS) is 16.0. The zero-order valence-electron chi connectivity index (χ0n) is 17.6. The fourth-order valence-electron chi connectivity index (χ4n) is 3.42. The zero-order chi connectivity index (χ0) is 20.4. The van der Waals surface area contributed by atoms with Gasteiger partial charge in [0.15, 0.2) is 0 Å². The van der Waals surface area contributed by atoms with E-state index in [1.54, 1.807) is 4.90 Å². The van der Waals surface area contributed by atoms with Gasteiger partial charge in [-0.15, -0.1) is 0 Å². The second kappa shape index (κ2) is 11.8. The van der Waals surface area contributed by atoms with Crippen LogP contribution in [0.15, 0.2) is 24.3 Å². The van der Waals surface area contributed by atoms with Crippen LogP contribution in [-0.4, -0.2) is 51.2 Å². The first-order valence-electron chi connectivity index (χ1n) is 10.5. The summed E-state index contributed by atoms with van der Waals surface area (Å²) in [6.07, 6.45) is 1.70. The Balaban J connectivity index is 1.60. The minimum atomic E-state index is -0.0477. The minimum Gasteiger partial charge on any atom is -0.370 e. The number of hydrogen-bond donors (Lipinski definition) is 3. The van der Waals surface area contributed by atoms with Crippen molar-refractivity contribution in [2.24, 2.45) is 5.92 Å². The molecule has 1 aromatic carbocycles. The molecule has 1 atom stereocenters. The van der Waals surface area contributed by atoms with Gasteiger partial charge in [-0.1, -0.05) is 32.9 Å². The lowest BCUT2D eigenvalue weighted by atomic mass is 10.0. The average Bonchev–Trinajstić information content (AvgIpc) is 2.66. The van der Waals surface area contributed by atoms with Crippen LogP contribution in [0.4, 0.5) is 5.69 Å². The van der Waals surface area contributed by atoms with Gasteiger partial charge in [0, 0.05) is 31.5 Å². The molecule has 3 N–H and O–H groups in total. The number of rotatable bonds is 10. The van der Waals surface area contributed by atoms with Crippen molar-refractivity contribution in [3.05, 3.63) is 29.8 Å². The standard InChI is InChI=1S/C22H35N3O3/c1-17(2)19-5-7-20(8-6-19)24-22(27)16-18(3)15-21(26)23-9-4-10-25-11-13-28-14-12-25/h5-8,17-18H,4,9-16H2,1-3H3,(H,23,26)(H,24,27)/p+1/t18-/m0/s1. The maximum absolute atomic E-state index is 12.2. The number of carbonyl (C=O) groups is 2. The summed E-state index contributed by atoms with van der Waals surface area (Å²) in [7, 11) is 0. The van der Waals surface area contributed by atoms with Gasteiger partial charge in [-0.3, -0.25) is 9.59 Å². The van der Waals surface area contributed by atoms with E-state index in [1.165, 1.54) is 5.56 Å². The number of benzene rings is 1. The number of anilines is 1. The molecule has 1 aliphatic rings. The second-order valence-electron chi connectivity index (χ2n) is 8.15. The predicted octanol–water partition coefficient (Wildman–Crippen LogP) is 1.59. The van der Waals surface area contributed by atoms with Gasteiger partial charge in [0.2, 0.25) is 11.8 Å². The summed E-state index contributed by atoms with van der Waals surface area (Å²) < 4.78 is 5.35. The minimum absolute atomic E-state index is 0.0137. The Morgan fingerprint density at radius 2 is 1.68 bits per heavy atom. The monoisotopic (exact) mass is 390 g/mol. The lowest BCUT2D eigenvalue weighted by molar-refractivity contribution is -0.908. The summed E-state index contributed by atoms with van der Waals surface area (Å²) in [5, 5.41) is 5.89. The summed E-state index contributed by atoms with van der Waals surface area (Å²) in [4.78, 5) is 25.8. The maximum Gasteiger partial charge on any atom is 0.224 e. The number of hydrogen-bond acceptors (Lipinski definition) is 3. The highest BCUT2D eigenvalue weighted by Crippen LogP contribution is 2.18. The number of quaternary nitrogens is 1. The van der Waals surface area contributed by atoms with Crippen molar-refractivity contribution in [2.75, 3.05) is 44.7 Å². The van der Waals surface area contributed by atoms with Gasteiger partial charge < -0.3 is 20.3 Å². The second-order valence-corrected chi connectivity index (χ2v) is 8.15. The lowest BCUT2D eigenvalue weighted by Crippen LogP contribution is -3.14. The maximum atomic E-state index is 12.2. The van der Waals surface area contributed by atoms with Crippen molar-refractivity contribution in [2.45, 2.75) is 46.0 Å². The van der Waals surface area contributed by atoms with E-state index >= 15 is 0 Å². The number of ether oxygens (including phenoxy) is 1. The fraction of sp³-hybridized carbons (Fsp3) is 0.636. The molecule has 28 heavy (non-hydrogen) atoms. The van der Waals surface area contributed by atoms with E-state index < -0.39 is 0 Å². The van der Waals surface area contributed by atoms with Crippen LogP contribution in [0.1, 0.15) is 51.5 Å². The molecule has 6 heteroatoms.